The Morgan fingerprint density at radius 3 is 2.58 bits per heavy atom. The summed E-state index contributed by atoms with van der Waals surface area (Å²) in [7, 11) is 0. The van der Waals surface area contributed by atoms with E-state index in [-0.39, 0.29) is 12.5 Å². The summed E-state index contributed by atoms with van der Waals surface area (Å²) in [4.78, 5) is 27.6. The summed E-state index contributed by atoms with van der Waals surface area (Å²) in [5, 5.41) is 18.6. The zero-order valence-electron chi connectivity index (χ0n) is 10.8. The van der Waals surface area contributed by atoms with Crippen molar-refractivity contribution in [3.05, 3.63) is 24.0 Å². The van der Waals surface area contributed by atoms with E-state index < -0.39 is 18.5 Å². The van der Waals surface area contributed by atoms with E-state index in [2.05, 4.69) is 27.1 Å². The van der Waals surface area contributed by atoms with Gasteiger partial charge in [-0.15, -0.1) is 11.7 Å². The van der Waals surface area contributed by atoms with Gasteiger partial charge in [0, 0.05) is 6.54 Å². The van der Waals surface area contributed by atoms with Crippen LogP contribution in [-0.4, -0.2) is 50.3 Å². The summed E-state index contributed by atoms with van der Waals surface area (Å²) in [5.41, 5.74) is 1.30. The normalized spacial score (nSPS) is 9.79. The second-order valence-corrected chi connectivity index (χ2v) is 3.80. The molecule has 2 N–H and O–H groups in total. The van der Waals surface area contributed by atoms with Crippen molar-refractivity contribution in [1.29, 1.82) is 0 Å². The molecule has 1 aromatic rings. The minimum atomic E-state index is -1.11. The number of urea groups is 1. The lowest BCUT2D eigenvalue weighted by Gasteiger charge is -2.18. The van der Waals surface area contributed by atoms with Crippen LogP contribution in [0.1, 0.15) is 11.4 Å². The van der Waals surface area contributed by atoms with Gasteiger partial charge in [-0.3, -0.25) is 10.1 Å². The first-order valence-corrected chi connectivity index (χ1v) is 5.50. The monoisotopic (exact) mass is 265 g/mol. The molecule has 8 heteroatoms. The Morgan fingerprint density at radius 2 is 2.05 bits per heavy atom. The Kier molecular flexibility index (Phi) is 4.92. The lowest BCUT2D eigenvalue weighted by atomic mass is 10.4. The van der Waals surface area contributed by atoms with E-state index in [1.807, 2.05) is 0 Å². The highest BCUT2D eigenvalue weighted by Crippen LogP contribution is 2.03. The van der Waals surface area contributed by atoms with E-state index in [4.69, 9.17) is 5.11 Å². The van der Waals surface area contributed by atoms with Crippen LogP contribution in [0.15, 0.2) is 12.7 Å². The standard InChI is InChI=1S/C11H15N5O3/c1-4-5-16(6-9(17)18)11(19)13-10-12-7(2)8(3)14-15-10/h4H,1,5-6H2,2-3H3,(H,17,18)(H,12,13,15,19). The molecule has 0 saturated heterocycles. The largest absolute Gasteiger partial charge is 0.480 e. The summed E-state index contributed by atoms with van der Waals surface area (Å²) in [6.07, 6.45) is 1.43. The number of nitrogens with one attached hydrogen (secondary N) is 1. The number of aryl methyl sites for hydroxylation is 2. The third-order valence-electron chi connectivity index (χ3n) is 2.27. The first kappa shape index (κ1) is 14.6. The van der Waals surface area contributed by atoms with Crippen molar-refractivity contribution < 1.29 is 14.7 Å². The highest BCUT2D eigenvalue weighted by atomic mass is 16.4. The molecule has 0 aliphatic carbocycles. The van der Waals surface area contributed by atoms with Crippen molar-refractivity contribution in [1.82, 2.24) is 20.1 Å². The zero-order chi connectivity index (χ0) is 14.4. The molecule has 0 saturated carbocycles. The number of amides is 2. The molecule has 0 spiro atoms. The SMILES string of the molecule is C=CCN(CC(=O)O)C(=O)Nc1nnc(C)c(C)n1. The molecule has 0 radical (unpaired) electrons. The van der Waals surface area contributed by atoms with Gasteiger partial charge in [0.05, 0.1) is 11.4 Å². The predicted octanol–water partition coefficient (Wildman–Crippen LogP) is 0.593. The third kappa shape index (κ3) is 4.34. The van der Waals surface area contributed by atoms with E-state index in [0.717, 1.165) is 4.90 Å². The Balaban J connectivity index is 2.77. The number of carboxylic acids is 1. The minimum absolute atomic E-state index is 0.0348. The number of carbonyl (C=O) groups is 2. The van der Waals surface area contributed by atoms with Gasteiger partial charge < -0.3 is 10.0 Å². The summed E-state index contributed by atoms with van der Waals surface area (Å²) in [6, 6.07) is -0.618. The van der Waals surface area contributed by atoms with Gasteiger partial charge in [0.1, 0.15) is 6.54 Å². The van der Waals surface area contributed by atoms with E-state index in [9.17, 15) is 9.59 Å². The summed E-state index contributed by atoms with van der Waals surface area (Å²) >= 11 is 0. The number of rotatable bonds is 5. The highest BCUT2D eigenvalue weighted by molar-refractivity contribution is 5.89. The van der Waals surface area contributed by atoms with Crippen molar-refractivity contribution in [3.8, 4) is 0 Å². The molecule has 1 aromatic heterocycles. The molecule has 1 rings (SSSR count). The summed E-state index contributed by atoms with van der Waals surface area (Å²) in [5.74, 6) is -1.08. The molecule has 0 atom stereocenters. The number of hydrogen-bond donors (Lipinski definition) is 2. The lowest BCUT2D eigenvalue weighted by molar-refractivity contribution is -0.137. The van der Waals surface area contributed by atoms with Crippen LogP contribution in [0.25, 0.3) is 0 Å². The minimum Gasteiger partial charge on any atom is -0.480 e. The van der Waals surface area contributed by atoms with Crippen LogP contribution < -0.4 is 5.32 Å². The number of hydrogen-bond acceptors (Lipinski definition) is 5. The predicted molar refractivity (Wildman–Crippen MR) is 67.7 cm³/mol. The molecule has 2 amide bonds. The molecule has 0 aliphatic heterocycles. The second-order valence-electron chi connectivity index (χ2n) is 3.80. The number of aromatic nitrogens is 3. The van der Waals surface area contributed by atoms with Crippen LogP contribution >= 0.6 is 0 Å². The fourth-order valence-corrected chi connectivity index (χ4v) is 1.22. The Hall–Kier alpha value is -2.51. The van der Waals surface area contributed by atoms with Gasteiger partial charge in [0.2, 0.25) is 0 Å². The van der Waals surface area contributed by atoms with E-state index in [1.54, 1.807) is 13.8 Å². The Labute approximate surface area is 110 Å². The van der Waals surface area contributed by atoms with E-state index in [1.165, 1.54) is 6.08 Å². The number of carboxylic acid groups (broad SMARTS) is 1. The molecule has 1 heterocycles. The number of nitrogens with zero attached hydrogens (tertiary/aromatic N) is 4. The van der Waals surface area contributed by atoms with Crippen molar-refractivity contribution in [2.24, 2.45) is 0 Å². The number of carbonyl (C=O) groups excluding carboxylic acids is 1. The maximum Gasteiger partial charge on any atom is 0.325 e. The van der Waals surface area contributed by atoms with E-state index >= 15 is 0 Å². The molecular formula is C11H15N5O3. The Morgan fingerprint density at radius 1 is 1.37 bits per heavy atom. The average molecular weight is 265 g/mol. The quantitative estimate of drug-likeness (QED) is 0.754. The van der Waals surface area contributed by atoms with Crippen LogP contribution in [-0.2, 0) is 4.79 Å². The molecule has 102 valence electrons. The van der Waals surface area contributed by atoms with E-state index in [0.29, 0.717) is 11.4 Å². The van der Waals surface area contributed by atoms with Gasteiger partial charge in [-0.05, 0) is 13.8 Å². The van der Waals surface area contributed by atoms with Gasteiger partial charge in [-0.2, -0.15) is 5.10 Å². The summed E-state index contributed by atoms with van der Waals surface area (Å²) < 4.78 is 0. The summed E-state index contributed by atoms with van der Waals surface area (Å²) in [6.45, 7) is 6.62. The van der Waals surface area contributed by atoms with Gasteiger partial charge in [-0.1, -0.05) is 6.08 Å². The van der Waals surface area contributed by atoms with Crippen molar-refractivity contribution in [2.75, 3.05) is 18.4 Å². The zero-order valence-corrected chi connectivity index (χ0v) is 10.8. The smallest absolute Gasteiger partial charge is 0.325 e. The maximum absolute atomic E-state index is 11.8. The van der Waals surface area contributed by atoms with Crippen LogP contribution in [0.4, 0.5) is 10.7 Å². The van der Waals surface area contributed by atoms with Crippen LogP contribution in [0, 0.1) is 13.8 Å². The van der Waals surface area contributed by atoms with Gasteiger partial charge in [-0.25, -0.2) is 9.78 Å². The average Bonchev–Trinajstić information content (AvgIpc) is 2.33. The van der Waals surface area contributed by atoms with Crippen molar-refractivity contribution >= 4 is 17.9 Å². The van der Waals surface area contributed by atoms with Crippen LogP contribution in [0.5, 0.6) is 0 Å². The molecule has 0 fully saturated rings. The number of anilines is 1. The maximum atomic E-state index is 11.8. The van der Waals surface area contributed by atoms with Crippen molar-refractivity contribution in [2.45, 2.75) is 13.8 Å². The molecule has 8 nitrogen and oxygen atoms in total. The van der Waals surface area contributed by atoms with Gasteiger partial charge >= 0.3 is 12.0 Å². The first-order chi connectivity index (χ1) is 8.93. The Bertz CT molecular complexity index is 503. The second kappa shape index (κ2) is 6.43. The van der Waals surface area contributed by atoms with Crippen LogP contribution in [0.2, 0.25) is 0 Å². The van der Waals surface area contributed by atoms with Gasteiger partial charge in [0.25, 0.3) is 5.95 Å². The number of aliphatic carboxylic acids is 1. The third-order valence-corrected chi connectivity index (χ3v) is 2.27. The fourth-order valence-electron chi connectivity index (χ4n) is 1.22. The topological polar surface area (TPSA) is 108 Å². The molecule has 0 aliphatic rings. The molecule has 0 aromatic carbocycles. The van der Waals surface area contributed by atoms with Crippen molar-refractivity contribution in [3.63, 3.8) is 0 Å². The molecule has 19 heavy (non-hydrogen) atoms. The molecule has 0 bridgehead atoms. The van der Waals surface area contributed by atoms with Crippen LogP contribution in [0.3, 0.4) is 0 Å². The molecule has 0 unspecified atom stereocenters. The highest BCUT2D eigenvalue weighted by Gasteiger charge is 2.16. The molecular weight excluding hydrogens is 250 g/mol. The fraction of sp³-hybridized carbons (Fsp3) is 0.364. The lowest BCUT2D eigenvalue weighted by Crippen LogP contribution is -2.39. The van der Waals surface area contributed by atoms with Gasteiger partial charge in [0.15, 0.2) is 0 Å². The first-order valence-electron chi connectivity index (χ1n) is 5.50.